The molecular weight excluding hydrogens is 462 g/mol. The van der Waals surface area contributed by atoms with Gasteiger partial charge in [0.2, 0.25) is 0 Å². The Bertz CT molecular complexity index is 1610. The fourth-order valence-corrected chi connectivity index (χ4v) is 4.43. The van der Waals surface area contributed by atoms with Crippen molar-refractivity contribution in [3.05, 3.63) is 66.9 Å². The second kappa shape index (κ2) is 9.34. The number of H-pyrrole nitrogens is 2. The number of benzene rings is 3. The molecule has 0 saturated carbocycles. The molecule has 188 valence electrons. The highest BCUT2D eigenvalue weighted by Crippen LogP contribution is 2.33. The van der Waals surface area contributed by atoms with Gasteiger partial charge in [0.1, 0.15) is 5.82 Å². The van der Waals surface area contributed by atoms with Crippen LogP contribution in [0.1, 0.15) is 0 Å². The molecule has 0 bridgehead atoms. The highest BCUT2D eigenvalue weighted by Gasteiger charge is 2.15. The Morgan fingerprint density at radius 2 is 1.51 bits per heavy atom. The third-order valence-corrected chi connectivity index (χ3v) is 6.69. The summed E-state index contributed by atoms with van der Waals surface area (Å²) in [7, 11) is 9.22. The number of nitrogens with zero attached hydrogens (tertiary/aromatic N) is 4. The number of nitrogens with one attached hydrogen (secondary N) is 5. The molecule has 0 unspecified atom stereocenters. The quantitative estimate of drug-likeness (QED) is 0.180. The van der Waals surface area contributed by atoms with Crippen LogP contribution in [0.5, 0.6) is 0 Å². The maximum Gasteiger partial charge on any atom is 0.197 e. The molecule has 0 radical (unpaired) electrons. The lowest BCUT2D eigenvalue weighted by molar-refractivity contribution is 0.603. The van der Waals surface area contributed by atoms with Gasteiger partial charge in [0.15, 0.2) is 11.9 Å². The van der Waals surface area contributed by atoms with Crippen molar-refractivity contribution in [2.75, 3.05) is 45.0 Å². The van der Waals surface area contributed by atoms with Gasteiger partial charge in [-0.15, -0.1) is 0 Å². The van der Waals surface area contributed by atoms with Crippen molar-refractivity contribution < 1.29 is 0 Å². The van der Waals surface area contributed by atoms with Crippen molar-refractivity contribution in [1.29, 1.82) is 10.8 Å². The Labute approximate surface area is 215 Å². The van der Waals surface area contributed by atoms with Gasteiger partial charge in [-0.05, 0) is 53.6 Å². The van der Waals surface area contributed by atoms with Gasteiger partial charge in [0.25, 0.3) is 0 Å². The second-order valence-corrected chi connectivity index (χ2v) is 9.23. The van der Waals surface area contributed by atoms with E-state index >= 15 is 0 Å². The van der Waals surface area contributed by atoms with E-state index in [1.54, 1.807) is 16.8 Å². The van der Waals surface area contributed by atoms with E-state index in [0.717, 1.165) is 55.8 Å². The molecule has 2 aromatic heterocycles. The van der Waals surface area contributed by atoms with Crippen molar-refractivity contribution in [2.24, 2.45) is 0 Å². The number of hydrogen-bond acceptors (Lipinski definition) is 3. The Balaban J connectivity index is 1.48. The third kappa shape index (κ3) is 4.35. The van der Waals surface area contributed by atoms with Gasteiger partial charge in [0.05, 0.1) is 11.0 Å². The zero-order chi connectivity index (χ0) is 26.3. The SMILES string of the molecule is CNC(=N)N(C)c1ccc(-c2ccc3[nH]cc(-c4nc5ccc(N(C)C(=N)N(C)C)cc5[nH]4)c3c2)cc1. The van der Waals surface area contributed by atoms with Crippen LogP contribution in [0.15, 0.2) is 66.9 Å². The van der Waals surface area contributed by atoms with Gasteiger partial charge in [-0.3, -0.25) is 10.8 Å². The molecule has 37 heavy (non-hydrogen) atoms. The molecule has 0 amide bonds. The number of aromatic amines is 2. The largest absolute Gasteiger partial charge is 0.360 e. The third-order valence-electron chi connectivity index (χ3n) is 6.69. The topological polar surface area (TPSA) is 114 Å². The summed E-state index contributed by atoms with van der Waals surface area (Å²) in [5.41, 5.74) is 7.90. The lowest BCUT2D eigenvalue weighted by Crippen LogP contribution is -2.37. The van der Waals surface area contributed by atoms with Crippen LogP contribution in [0.4, 0.5) is 11.4 Å². The number of aromatic nitrogens is 3. The molecular formula is C28H31N9. The zero-order valence-corrected chi connectivity index (χ0v) is 21.6. The zero-order valence-electron chi connectivity index (χ0n) is 21.6. The van der Waals surface area contributed by atoms with E-state index < -0.39 is 0 Å². The summed E-state index contributed by atoms with van der Waals surface area (Å²) >= 11 is 0. The van der Waals surface area contributed by atoms with Crippen LogP contribution in [0.2, 0.25) is 0 Å². The van der Waals surface area contributed by atoms with Crippen molar-refractivity contribution >= 4 is 45.2 Å². The van der Waals surface area contributed by atoms with E-state index in [1.165, 1.54) is 0 Å². The average molecular weight is 494 g/mol. The Hall–Kier alpha value is -4.79. The number of hydrogen-bond donors (Lipinski definition) is 5. The van der Waals surface area contributed by atoms with Crippen LogP contribution in [0.25, 0.3) is 44.5 Å². The summed E-state index contributed by atoms with van der Waals surface area (Å²) in [6.45, 7) is 0. The maximum absolute atomic E-state index is 8.26. The molecule has 0 fully saturated rings. The predicted octanol–water partition coefficient (Wildman–Crippen LogP) is 4.90. The van der Waals surface area contributed by atoms with Gasteiger partial charge in [-0.25, -0.2) is 4.98 Å². The molecule has 5 rings (SSSR count). The fraction of sp³-hybridized carbons (Fsp3) is 0.179. The lowest BCUT2D eigenvalue weighted by atomic mass is 10.0. The summed E-state index contributed by atoms with van der Waals surface area (Å²) in [6.07, 6.45) is 1.99. The van der Waals surface area contributed by atoms with Crippen LogP contribution in [-0.2, 0) is 0 Å². The summed E-state index contributed by atoms with van der Waals surface area (Å²) < 4.78 is 0. The number of fused-ring (bicyclic) bond motifs is 2. The minimum atomic E-state index is 0.340. The van der Waals surface area contributed by atoms with Crippen LogP contribution in [0.3, 0.4) is 0 Å². The molecule has 5 N–H and O–H groups in total. The Kier molecular flexibility index (Phi) is 6.04. The first-order valence-electron chi connectivity index (χ1n) is 12.0. The molecule has 0 saturated heterocycles. The van der Waals surface area contributed by atoms with E-state index in [0.29, 0.717) is 11.9 Å². The molecule has 3 aromatic carbocycles. The van der Waals surface area contributed by atoms with Crippen molar-refractivity contribution in [3.8, 4) is 22.5 Å². The minimum Gasteiger partial charge on any atom is -0.360 e. The van der Waals surface area contributed by atoms with Gasteiger partial charge < -0.3 is 30.0 Å². The summed E-state index contributed by atoms with van der Waals surface area (Å²) in [5, 5.41) is 20.2. The van der Waals surface area contributed by atoms with Gasteiger partial charge in [-0.1, -0.05) is 18.2 Å². The number of anilines is 2. The van der Waals surface area contributed by atoms with Crippen molar-refractivity contribution in [2.45, 2.75) is 0 Å². The van der Waals surface area contributed by atoms with E-state index in [4.69, 9.17) is 15.8 Å². The molecule has 9 nitrogen and oxygen atoms in total. The molecule has 0 aliphatic carbocycles. The van der Waals surface area contributed by atoms with E-state index in [-0.39, 0.29) is 0 Å². The smallest absolute Gasteiger partial charge is 0.197 e. The highest BCUT2D eigenvalue weighted by molar-refractivity contribution is 5.99. The average Bonchev–Trinajstić information content (AvgIpc) is 3.54. The van der Waals surface area contributed by atoms with Crippen LogP contribution < -0.4 is 15.1 Å². The second-order valence-electron chi connectivity index (χ2n) is 9.23. The van der Waals surface area contributed by atoms with Gasteiger partial charge in [-0.2, -0.15) is 0 Å². The van der Waals surface area contributed by atoms with Crippen molar-refractivity contribution in [1.82, 2.24) is 25.2 Å². The van der Waals surface area contributed by atoms with Crippen LogP contribution in [0, 0.1) is 10.8 Å². The maximum atomic E-state index is 8.26. The normalized spacial score (nSPS) is 11.1. The Morgan fingerprint density at radius 3 is 2.22 bits per heavy atom. The minimum absolute atomic E-state index is 0.340. The van der Waals surface area contributed by atoms with E-state index in [1.807, 2.05) is 69.6 Å². The number of rotatable bonds is 4. The molecule has 0 atom stereocenters. The molecule has 0 aliphatic rings. The molecule has 5 aromatic rings. The predicted molar refractivity (Wildman–Crippen MR) is 154 cm³/mol. The van der Waals surface area contributed by atoms with E-state index in [2.05, 4.69) is 45.6 Å². The summed E-state index contributed by atoms with van der Waals surface area (Å²) in [5.74, 6) is 1.54. The van der Waals surface area contributed by atoms with Crippen LogP contribution in [-0.4, -0.2) is 67.0 Å². The van der Waals surface area contributed by atoms with Gasteiger partial charge >= 0.3 is 0 Å². The Morgan fingerprint density at radius 1 is 0.811 bits per heavy atom. The first kappa shape index (κ1) is 23.9. The molecule has 2 heterocycles. The fourth-order valence-electron chi connectivity index (χ4n) is 4.43. The first-order chi connectivity index (χ1) is 17.8. The molecule has 0 aliphatic heterocycles. The summed E-state index contributed by atoms with van der Waals surface area (Å²) in [6, 6.07) is 20.6. The van der Waals surface area contributed by atoms with Crippen molar-refractivity contribution in [3.63, 3.8) is 0 Å². The van der Waals surface area contributed by atoms with E-state index in [9.17, 15) is 0 Å². The lowest BCUT2D eigenvalue weighted by Gasteiger charge is -2.24. The standard InChI is InChI=1S/C28H31N9/c1-31-27(29)36(4)19-9-6-17(7-10-19)18-8-12-23-21(14-18)22(16-32-23)26-33-24-13-11-20(15-25(24)34-26)37(5)28(30)35(2)3/h6-16,30,32H,1-5H3,(H2,29,31)(H,33,34). The molecule has 0 spiro atoms. The van der Waals surface area contributed by atoms with Crippen LogP contribution >= 0.6 is 0 Å². The molecule has 9 heteroatoms. The monoisotopic (exact) mass is 493 g/mol. The highest BCUT2D eigenvalue weighted by atomic mass is 15.3. The van der Waals surface area contributed by atoms with Gasteiger partial charge in [0, 0.05) is 69.3 Å². The summed E-state index contributed by atoms with van der Waals surface area (Å²) in [4.78, 5) is 17.1. The first-order valence-corrected chi connectivity index (χ1v) is 12.0. The number of guanidine groups is 2. The number of imidazole rings is 1.